The van der Waals surface area contributed by atoms with Crippen LogP contribution in [-0.4, -0.2) is 23.5 Å². The summed E-state index contributed by atoms with van der Waals surface area (Å²) < 4.78 is 0.772. The van der Waals surface area contributed by atoms with Crippen LogP contribution in [0, 0.1) is 6.92 Å². The lowest BCUT2D eigenvalue weighted by Crippen LogP contribution is -2.30. The number of rotatable bonds is 5. The Labute approximate surface area is 110 Å². The van der Waals surface area contributed by atoms with Crippen molar-refractivity contribution in [2.24, 2.45) is 0 Å². The molecule has 1 heterocycles. The largest absolute Gasteiger partial charge is 0.324 e. The van der Waals surface area contributed by atoms with E-state index in [0.29, 0.717) is 6.42 Å². The van der Waals surface area contributed by atoms with Gasteiger partial charge in [0.25, 0.3) is 0 Å². The van der Waals surface area contributed by atoms with Crippen molar-refractivity contribution in [1.29, 1.82) is 0 Å². The highest BCUT2D eigenvalue weighted by atomic mass is 79.9. The lowest BCUT2D eigenvalue weighted by molar-refractivity contribution is -0.116. The van der Waals surface area contributed by atoms with E-state index in [4.69, 9.17) is 0 Å². The summed E-state index contributed by atoms with van der Waals surface area (Å²) in [7, 11) is 0. The number of amides is 1. The van der Waals surface area contributed by atoms with Crippen molar-refractivity contribution >= 4 is 27.5 Å². The number of halogens is 1. The van der Waals surface area contributed by atoms with Gasteiger partial charge in [0.1, 0.15) is 4.60 Å². The van der Waals surface area contributed by atoms with E-state index in [1.165, 1.54) is 0 Å². The van der Waals surface area contributed by atoms with Gasteiger partial charge in [-0.25, -0.2) is 4.98 Å². The van der Waals surface area contributed by atoms with Crippen molar-refractivity contribution in [3.63, 3.8) is 0 Å². The first kappa shape index (κ1) is 14.1. The normalized spacial score (nSPS) is 12.2. The molecular formula is C12H18BrN3O. The molecule has 0 aliphatic rings. The molecule has 94 valence electrons. The zero-order chi connectivity index (χ0) is 12.8. The molecule has 2 N–H and O–H groups in total. The van der Waals surface area contributed by atoms with Crippen LogP contribution in [-0.2, 0) is 4.79 Å². The third-order valence-electron chi connectivity index (χ3n) is 2.37. The first-order valence-electron chi connectivity index (χ1n) is 5.69. The smallest absolute Gasteiger partial charge is 0.225 e. The van der Waals surface area contributed by atoms with Crippen molar-refractivity contribution in [2.75, 3.05) is 11.9 Å². The SMILES string of the molecule is CCNC(C)CC(=O)Nc1ccc(Br)nc1C. The van der Waals surface area contributed by atoms with E-state index in [1.807, 2.05) is 32.9 Å². The average molecular weight is 300 g/mol. The monoisotopic (exact) mass is 299 g/mol. The van der Waals surface area contributed by atoms with Gasteiger partial charge in [0.2, 0.25) is 5.91 Å². The maximum Gasteiger partial charge on any atom is 0.225 e. The molecule has 1 rings (SSSR count). The molecule has 0 radical (unpaired) electrons. The standard InChI is InChI=1S/C12H18BrN3O/c1-4-14-8(2)7-12(17)16-10-5-6-11(13)15-9(10)3/h5-6,8,14H,4,7H2,1-3H3,(H,16,17). The summed E-state index contributed by atoms with van der Waals surface area (Å²) in [5.41, 5.74) is 1.57. The van der Waals surface area contributed by atoms with E-state index in [0.717, 1.165) is 22.5 Å². The summed E-state index contributed by atoms with van der Waals surface area (Å²) in [6.07, 6.45) is 0.462. The van der Waals surface area contributed by atoms with Crippen molar-refractivity contribution < 1.29 is 4.79 Å². The van der Waals surface area contributed by atoms with Crippen LogP contribution in [0.3, 0.4) is 0 Å². The highest BCUT2D eigenvalue weighted by molar-refractivity contribution is 9.10. The fourth-order valence-corrected chi connectivity index (χ4v) is 1.96. The predicted octanol–water partition coefficient (Wildman–Crippen LogP) is 2.48. The molecule has 0 saturated carbocycles. The summed E-state index contributed by atoms with van der Waals surface area (Å²) in [6, 6.07) is 3.85. The van der Waals surface area contributed by atoms with Crippen LogP contribution in [0.4, 0.5) is 5.69 Å². The Bertz CT molecular complexity index is 395. The third kappa shape index (κ3) is 4.83. The summed E-state index contributed by atoms with van der Waals surface area (Å²) in [5.74, 6) is 0.00525. The molecule has 0 aromatic carbocycles. The fraction of sp³-hybridized carbons (Fsp3) is 0.500. The Morgan fingerprint density at radius 1 is 1.53 bits per heavy atom. The number of carbonyl (C=O) groups is 1. The van der Waals surface area contributed by atoms with Crippen LogP contribution in [0.2, 0.25) is 0 Å². The van der Waals surface area contributed by atoms with Crippen LogP contribution in [0.1, 0.15) is 26.0 Å². The first-order chi connectivity index (χ1) is 8.02. The minimum atomic E-state index is 0.00525. The molecule has 4 nitrogen and oxygen atoms in total. The van der Waals surface area contributed by atoms with Crippen LogP contribution in [0.25, 0.3) is 0 Å². The van der Waals surface area contributed by atoms with E-state index in [-0.39, 0.29) is 11.9 Å². The van der Waals surface area contributed by atoms with Crippen molar-refractivity contribution in [3.05, 3.63) is 22.4 Å². The van der Waals surface area contributed by atoms with Crippen molar-refractivity contribution in [3.8, 4) is 0 Å². The Morgan fingerprint density at radius 3 is 2.82 bits per heavy atom. The zero-order valence-electron chi connectivity index (χ0n) is 10.4. The zero-order valence-corrected chi connectivity index (χ0v) is 12.0. The van der Waals surface area contributed by atoms with E-state index < -0.39 is 0 Å². The second-order valence-electron chi connectivity index (χ2n) is 3.98. The van der Waals surface area contributed by atoms with Gasteiger partial charge in [-0.2, -0.15) is 0 Å². The molecule has 0 aliphatic heterocycles. The minimum Gasteiger partial charge on any atom is -0.324 e. The molecular weight excluding hydrogens is 282 g/mol. The molecule has 0 saturated heterocycles. The Hall–Kier alpha value is -0.940. The fourth-order valence-electron chi connectivity index (χ4n) is 1.56. The highest BCUT2D eigenvalue weighted by Crippen LogP contribution is 2.16. The number of aromatic nitrogens is 1. The second-order valence-corrected chi connectivity index (χ2v) is 4.79. The van der Waals surface area contributed by atoms with Gasteiger partial charge in [-0.05, 0) is 48.5 Å². The lowest BCUT2D eigenvalue weighted by atomic mass is 10.2. The van der Waals surface area contributed by atoms with Crippen LogP contribution >= 0.6 is 15.9 Å². The summed E-state index contributed by atoms with van der Waals surface area (Å²) in [6.45, 7) is 6.76. The van der Waals surface area contributed by atoms with Crippen LogP contribution < -0.4 is 10.6 Å². The van der Waals surface area contributed by atoms with E-state index >= 15 is 0 Å². The Morgan fingerprint density at radius 2 is 2.24 bits per heavy atom. The average Bonchev–Trinajstić information content (AvgIpc) is 2.22. The molecule has 1 atom stereocenters. The number of hydrogen-bond donors (Lipinski definition) is 2. The number of aryl methyl sites for hydroxylation is 1. The van der Waals surface area contributed by atoms with Gasteiger partial charge in [0, 0.05) is 12.5 Å². The summed E-state index contributed by atoms with van der Waals surface area (Å²) >= 11 is 3.29. The Balaban J connectivity index is 2.56. The van der Waals surface area contributed by atoms with Crippen LogP contribution in [0.15, 0.2) is 16.7 Å². The summed E-state index contributed by atoms with van der Waals surface area (Å²) in [4.78, 5) is 16.0. The van der Waals surface area contributed by atoms with E-state index in [1.54, 1.807) is 0 Å². The van der Waals surface area contributed by atoms with E-state index in [2.05, 4.69) is 31.5 Å². The summed E-state index contributed by atoms with van der Waals surface area (Å²) in [5, 5.41) is 6.07. The Kier molecular flexibility index (Phi) is 5.58. The molecule has 5 heteroatoms. The number of pyridine rings is 1. The van der Waals surface area contributed by atoms with Crippen LogP contribution in [0.5, 0.6) is 0 Å². The molecule has 0 spiro atoms. The molecule has 1 aromatic rings. The minimum absolute atomic E-state index is 0.00525. The molecule has 0 bridgehead atoms. The molecule has 1 amide bonds. The molecule has 0 fully saturated rings. The van der Waals surface area contributed by atoms with E-state index in [9.17, 15) is 4.79 Å². The van der Waals surface area contributed by atoms with Gasteiger partial charge in [0.15, 0.2) is 0 Å². The van der Waals surface area contributed by atoms with Gasteiger partial charge >= 0.3 is 0 Å². The number of nitrogens with zero attached hydrogens (tertiary/aromatic N) is 1. The molecule has 0 aliphatic carbocycles. The lowest BCUT2D eigenvalue weighted by Gasteiger charge is -2.13. The maximum absolute atomic E-state index is 11.7. The van der Waals surface area contributed by atoms with Gasteiger partial charge < -0.3 is 10.6 Å². The first-order valence-corrected chi connectivity index (χ1v) is 6.48. The molecule has 1 unspecified atom stereocenters. The number of anilines is 1. The molecule has 1 aromatic heterocycles. The number of nitrogens with one attached hydrogen (secondary N) is 2. The quantitative estimate of drug-likeness (QED) is 0.821. The number of carbonyl (C=O) groups excluding carboxylic acids is 1. The van der Waals surface area contributed by atoms with Gasteiger partial charge in [-0.3, -0.25) is 4.79 Å². The predicted molar refractivity (Wildman–Crippen MR) is 73.1 cm³/mol. The van der Waals surface area contributed by atoms with Crippen molar-refractivity contribution in [1.82, 2.24) is 10.3 Å². The van der Waals surface area contributed by atoms with Crippen molar-refractivity contribution in [2.45, 2.75) is 33.2 Å². The molecule has 17 heavy (non-hydrogen) atoms. The maximum atomic E-state index is 11.7. The topological polar surface area (TPSA) is 54.0 Å². The third-order valence-corrected chi connectivity index (χ3v) is 2.81. The van der Waals surface area contributed by atoms with Gasteiger partial charge in [-0.1, -0.05) is 6.92 Å². The van der Waals surface area contributed by atoms with Gasteiger partial charge in [0.05, 0.1) is 11.4 Å². The second kappa shape index (κ2) is 6.71. The highest BCUT2D eigenvalue weighted by Gasteiger charge is 2.09. The number of hydrogen-bond acceptors (Lipinski definition) is 3. The van der Waals surface area contributed by atoms with Gasteiger partial charge in [-0.15, -0.1) is 0 Å².